The van der Waals surface area contributed by atoms with Crippen LogP contribution in [0.3, 0.4) is 0 Å². The topological polar surface area (TPSA) is 37.8 Å². The first-order chi connectivity index (χ1) is 10.1. The third-order valence-electron chi connectivity index (χ3n) is 4.83. The molecule has 0 aliphatic heterocycles. The molecule has 1 fully saturated rings. The van der Waals surface area contributed by atoms with Crippen LogP contribution in [0.5, 0.6) is 0 Å². The molecule has 0 saturated heterocycles. The molecule has 1 atom stereocenters. The first kappa shape index (κ1) is 15.3. The number of nitrogens with zero attached hydrogens (tertiary/aromatic N) is 2. The van der Waals surface area contributed by atoms with Crippen LogP contribution in [0.1, 0.15) is 69.1 Å². The summed E-state index contributed by atoms with van der Waals surface area (Å²) in [7, 11) is 2.04. The molecule has 2 aliphatic rings. The zero-order valence-electron chi connectivity index (χ0n) is 13.5. The van der Waals surface area contributed by atoms with Crippen molar-refractivity contribution in [2.75, 3.05) is 7.05 Å². The Labute approximate surface area is 132 Å². The van der Waals surface area contributed by atoms with E-state index in [1.54, 1.807) is 0 Å². The minimum absolute atomic E-state index is 0.324. The summed E-state index contributed by atoms with van der Waals surface area (Å²) >= 11 is 2.05. The zero-order chi connectivity index (χ0) is 14.9. The van der Waals surface area contributed by atoms with E-state index in [4.69, 9.17) is 4.98 Å². The van der Waals surface area contributed by atoms with Crippen LogP contribution in [0.2, 0.25) is 0 Å². The van der Waals surface area contributed by atoms with Gasteiger partial charge in [-0.25, -0.2) is 9.97 Å². The quantitative estimate of drug-likeness (QED) is 0.916. The van der Waals surface area contributed by atoms with Gasteiger partial charge in [0.2, 0.25) is 0 Å². The van der Waals surface area contributed by atoms with Crippen LogP contribution in [0.25, 0.3) is 0 Å². The molecule has 1 heterocycles. The van der Waals surface area contributed by atoms with Crippen molar-refractivity contribution in [2.24, 2.45) is 5.41 Å². The summed E-state index contributed by atoms with van der Waals surface area (Å²) in [5, 5.41) is 4.27. The highest BCUT2D eigenvalue weighted by Gasteiger charge is 2.32. The number of thioether (sulfide) groups is 1. The number of aromatic nitrogens is 2. The molecule has 3 nitrogen and oxygen atoms in total. The van der Waals surface area contributed by atoms with Crippen molar-refractivity contribution in [1.82, 2.24) is 15.3 Å². The predicted molar refractivity (Wildman–Crippen MR) is 89.5 cm³/mol. The number of hydrogen-bond acceptors (Lipinski definition) is 4. The van der Waals surface area contributed by atoms with Gasteiger partial charge in [-0.15, -0.1) is 0 Å². The lowest BCUT2D eigenvalue weighted by Gasteiger charge is -2.36. The van der Waals surface area contributed by atoms with E-state index >= 15 is 0 Å². The lowest BCUT2D eigenvalue weighted by atomic mass is 9.74. The van der Waals surface area contributed by atoms with Gasteiger partial charge >= 0.3 is 0 Å². The van der Waals surface area contributed by atoms with Gasteiger partial charge in [-0.3, -0.25) is 0 Å². The Morgan fingerprint density at radius 2 is 2.10 bits per heavy atom. The molecule has 1 unspecified atom stereocenters. The van der Waals surface area contributed by atoms with Crippen molar-refractivity contribution in [2.45, 2.75) is 69.4 Å². The first-order valence-electron chi connectivity index (χ1n) is 8.21. The first-order valence-corrected chi connectivity index (χ1v) is 9.26. The molecule has 0 aromatic carbocycles. The van der Waals surface area contributed by atoms with Crippen LogP contribution in [0.4, 0.5) is 0 Å². The van der Waals surface area contributed by atoms with Crippen LogP contribution >= 0.6 is 11.8 Å². The standard InChI is InChI=1S/C17H27N3S/c1-17(2)8-14(18-3)13-10-19-16(20-15(13)9-17)11-21-12-6-4-5-7-12/h10,12,14,18H,4-9,11H2,1-3H3. The number of fused-ring (bicyclic) bond motifs is 1. The van der Waals surface area contributed by atoms with E-state index in [0.717, 1.165) is 29.7 Å². The van der Waals surface area contributed by atoms with Gasteiger partial charge in [0.25, 0.3) is 0 Å². The Bertz CT molecular complexity index is 495. The summed E-state index contributed by atoms with van der Waals surface area (Å²) in [5.41, 5.74) is 2.90. The highest BCUT2D eigenvalue weighted by molar-refractivity contribution is 7.99. The van der Waals surface area contributed by atoms with Crippen molar-refractivity contribution < 1.29 is 0 Å². The maximum atomic E-state index is 4.90. The summed E-state index contributed by atoms with van der Waals surface area (Å²) in [4.78, 5) is 9.52. The van der Waals surface area contributed by atoms with Gasteiger partial charge in [0.1, 0.15) is 5.82 Å². The molecule has 0 radical (unpaired) electrons. The highest BCUT2D eigenvalue weighted by Crippen LogP contribution is 2.39. The third-order valence-corrected chi connectivity index (χ3v) is 6.19. The normalized spacial score (nSPS) is 25.0. The van der Waals surface area contributed by atoms with Gasteiger partial charge in [-0.1, -0.05) is 26.7 Å². The Hall–Kier alpha value is -0.610. The molecule has 4 heteroatoms. The Balaban J connectivity index is 1.73. The number of nitrogens with one attached hydrogen (secondary N) is 1. The van der Waals surface area contributed by atoms with E-state index < -0.39 is 0 Å². The van der Waals surface area contributed by atoms with Gasteiger partial charge in [-0.05, 0) is 38.1 Å². The van der Waals surface area contributed by atoms with Crippen molar-refractivity contribution in [3.8, 4) is 0 Å². The molecule has 1 saturated carbocycles. The average molecular weight is 305 g/mol. The van der Waals surface area contributed by atoms with Gasteiger partial charge in [0.15, 0.2) is 0 Å². The second-order valence-corrected chi connectivity index (χ2v) is 8.58. The van der Waals surface area contributed by atoms with Crippen molar-refractivity contribution in [3.05, 3.63) is 23.3 Å². The highest BCUT2D eigenvalue weighted by atomic mass is 32.2. The summed E-state index contributed by atoms with van der Waals surface area (Å²) in [5.74, 6) is 2.00. The monoisotopic (exact) mass is 305 g/mol. The largest absolute Gasteiger partial charge is 0.313 e. The number of hydrogen-bond donors (Lipinski definition) is 1. The summed E-state index contributed by atoms with van der Waals surface area (Å²) in [6.07, 6.45) is 9.87. The fourth-order valence-electron chi connectivity index (χ4n) is 3.66. The van der Waals surface area contributed by atoms with Crippen LogP contribution in [-0.4, -0.2) is 22.3 Å². The maximum absolute atomic E-state index is 4.90. The van der Waals surface area contributed by atoms with Crippen molar-refractivity contribution in [1.29, 1.82) is 0 Å². The molecule has 116 valence electrons. The Morgan fingerprint density at radius 1 is 1.33 bits per heavy atom. The lowest BCUT2D eigenvalue weighted by molar-refractivity contribution is 0.260. The molecule has 0 bridgehead atoms. The molecule has 1 aromatic rings. The van der Waals surface area contributed by atoms with E-state index in [9.17, 15) is 0 Å². The molecule has 0 spiro atoms. The second kappa shape index (κ2) is 6.25. The van der Waals surface area contributed by atoms with E-state index in [2.05, 4.69) is 42.1 Å². The van der Waals surface area contributed by atoms with Gasteiger partial charge in [-0.2, -0.15) is 11.8 Å². The predicted octanol–water partition coefficient (Wildman–Crippen LogP) is 3.89. The molecule has 1 aromatic heterocycles. The summed E-state index contributed by atoms with van der Waals surface area (Å²) in [6.45, 7) is 4.69. The number of rotatable bonds is 4. The van der Waals surface area contributed by atoms with Crippen LogP contribution in [0, 0.1) is 5.41 Å². The molecular formula is C17H27N3S. The molecule has 0 amide bonds. The molecule has 1 N–H and O–H groups in total. The van der Waals surface area contributed by atoms with E-state index in [0.29, 0.717) is 11.5 Å². The van der Waals surface area contributed by atoms with Crippen LogP contribution in [-0.2, 0) is 12.2 Å². The van der Waals surface area contributed by atoms with Gasteiger partial charge in [0, 0.05) is 28.7 Å². The fourth-order valence-corrected chi connectivity index (χ4v) is 4.85. The fraction of sp³-hybridized carbons (Fsp3) is 0.765. The average Bonchev–Trinajstić information content (AvgIpc) is 2.96. The molecular weight excluding hydrogens is 278 g/mol. The molecule has 21 heavy (non-hydrogen) atoms. The van der Waals surface area contributed by atoms with Gasteiger partial charge < -0.3 is 5.32 Å². The minimum atomic E-state index is 0.324. The Morgan fingerprint density at radius 3 is 2.81 bits per heavy atom. The maximum Gasteiger partial charge on any atom is 0.138 e. The van der Waals surface area contributed by atoms with E-state index in [1.165, 1.54) is 36.9 Å². The summed E-state index contributed by atoms with van der Waals surface area (Å²) < 4.78 is 0. The SMILES string of the molecule is CNC1CC(C)(C)Cc2nc(CSC3CCCC3)ncc21. The van der Waals surface area contributed by atoms with Gasteiger partial charge in [0.05, 0.1) is 5.75 Å². The smallest absolute Gasteiger partial charge is 0.138 e. The minimum Gasteiger partial charge on any atom is -0.313 e. The van der Waals surface area contributed by atoms with E-state index in [1.807, 2.05) is 7.05 Å². The lowest BCUT2D eigenvalue weighted by Crippen LogP contribution is -2.32. The zero-order valence-corrected chi connectivity index (χ0v) is 14.3. The third kappa shape index (κ3) is 3.59. The Kier molecular flexibility index (Phi) is 4.55. The van der Waals surface area contributed by atoms with Crippen molar-refractivity contribution >= 4 is 11.8 Å². The van der Waals surface area contributed by atoms with Crippen molar-refractivity contribution in [3.63, 3.8) is 0 Å². The second-order valence-electron chi connectivity index (χ2n) is 7.29. The van der Waals surface area contributed by atoms with Crippen LogP contribution < -0.4 is 5.32 Å². The van der Waals surface area contributed by atoms with E-state index in [-0.39, 0.29) is 0 Å². The molecule has 3 rings (SSSR count). The molecule has 2 aliphatic carbocycles. The summed E-state index contributed by atoms with van der Waals surface area (Å²) in [6, 6.07) is 0.403. The van der Waals surface area contributed by atoms with Crippen LogP contribution in [0.15, 0.2) is 6.20 Å².